The van der Waals surface area contributed by atoms with Crippen LogP contribution in [0.15, 0.2) is 42.5 Å². The summed E-state index contributed by atoms with van der Waals surface area (Å²) in [7, 11) is 3.35. The Hall–Kier alpha value is -2.46. The highest BCUT2D eigenvalue weighted by atomic mass is 16.5. The normalized spacial score (nSPS) is 14.5. The molecule has 1 aliphatic rings. The molecule has 0 atom stereocenters. The van der Waals surface area contributed by atoms with Crippen molar-refractivity contribution in [3.8, 4) is 11.5 Å². The van der Waals surface area contributed by atoms with Gasteiger partial charge in [-0.25, -0.2) is 0 Å². The summed E-state index contributed by atoms with van der Waals surface area (Å²) < 4.78 is 10.7. The van der Waals surface area contributed by atoms with Gasteiger partial charge in [0.25, 0.3) is 0 Å². The Kier molecular flexibility index (Phi) is 4.36. The zero-order valence-electron chi connectivity index (χ0n) is 14.8. The van der Waals surface area contributed by atoms with E-state index in [0.717, 1.165) is 44.0 Å². The fraction of sp³-hybridized carbons (Fsp3) is 0.333. The summed E-state index contributed by atoms with van der Waals surface area (Å²) in [6.07, 6.45) is 2.13. The molecule has 2 heterocycles. The lowest BCUT2D eigenvalue weighted by molar-refractivity contribution is 0.255. The van der Waals surface area contributed by atoms with Crippen molar-refractivity contribution in [1.29, 1.82) is 0 Å². The maximum atomic E-state index is 5.41. The Morgan fingerprint density at radius 1 is 1.04 bits per heavy atom. The molecule has 25 heavy (non-hydrogen) atoms. The van der Waals surface area contributed by atoms with Crippen LogP contribution in [0, 0.1) is 0 Å². The second-order valence-electron chi connectivity index (χ2n) is 6.59. The molecule has 0 radical (unpaired) electrons. The first-order valence-corrected chi connectivity index (χ1v) is 8.80. The molecular formula is C21H24N2O2. The predicted molar refractivity (Wildman–Crippen MR) is 101 cm³/mol. The van der Waals surface area contributed by atoms with Crippen molar-refractivity contribution in [1.82, 2.24) is 9.88 Å². The maximum Gasteiger partial charge on any atom is 0.160 e. The Morgan fingerprint density at radius 2 is 1.88 bits per heavy atom. The largest absolute Gasteiger partial charge is 0.493 e. The molecule has 0 bridgehead atoms. The minimum Gasteiger partial charge on any atom is -0.493 e. The predicted octanol–water partition coefficient (Wildman–Crippen LogP) is 3.79. The van der Waals surface area contributed by atoms with Gasteiger partial charge in [0.05, 0.1) is 14.2 Å². The van der Waals surface area contributed by atoms with Crippen LogP contribution in [0.1, 0.15) is 16.8 Å². The van der Waals surface area contributed by atoms with Crippen LogP contribution in [-0.2, 0) is 19.4 Å². The quantitative estimate of drug-likeness (QED) is 0.770. The number of ether oxygens (including phenoxy) is 2. The highest BCUT2D eigenvalue weighted by Crippen LogP contribution is 2.29. The first-order valence-electron chi connectivity index (χ1n) is 8.80. The minimum absolute atomic E-state index is 0.784. The first-order chi connectivity index (χ1) is 12.3. The van der Waals surface area contributed by atoms with E-state index in [2.05, 4.69) is 46.3 Å². The number of para-hydroxylation sites is 1. The van der Waals surface area contributed by atoms with E-state index in [4.69, 9.17) is 9.47 Å². The molecule has 1 aromatic heterocycles. The Labute approximate surface area is 148 Å². The third-order valence-corrected chi connectivity index (χ3v) is 5.13. The monoisotopic (exact) mass is 336 g/mol. The number of rotatable bonds is 5. The summed E-state index contributed by atoms with van der Waals surface area (Å²) in [5, 5.41) is 1.39. The molecule has 4 heteroatoms. The van der Waals surface area contributed by atoms with E-state index in [-0.39, 0.29) is 0 Å². The van der Waals surface area contributed by atoms with E-state index < -0.39 is 0 Å². The van der Waals surface area contributed by atoms with Crippen LogP contribution in [0.25, 0.3) is 10.9 Å². The van der Waals surface area contributed by atoms with E-state index in [1.807, 2.05) is 6.07 Å². The lowest BCUT2D eigenvalue weighted by atomic mass is 10.0. The Balaban J connectivity index is 1.44. The Morgan fingerprint density at radius 3 is 2.72 bits per heavy atom. The molecule has 2 aromatic carbocycles. The lowest BCUT2D eigenvalue weighted by Crippen LogP contribution is -2.32. The highest BCUT2D eigenvalue weighted by Gasteiger charge is 2.20. The molecule has 0 saturated heterocycles. The summed E-state index contributed by atoms with van der Waals surface area (Å²) in [6, 6.07) is 14.8. The van der Waals surface area contributed by atoms with Gasteiger partial charge in [0.1, 0.15) is 0 Å². The van der Waals surface area contributed by atoms with E-state index in [1.54, 1.807) is 14.2 Å². The van der Waals surface area contributed by atoms with Crippen LogP contribution in [0.5, 0.6) is 11.5 Å². The van der Waals surface area contributed by atoms with Gasteiger partial charge in [-0.05, 0) is 42.2 Å². The van der Waals surface area contributed by atoms with Crippen molar-refractivity contribution < 1.29 is 9.47 Å². The van der Waals surface area contributed by atoms with E-state index in [1.165, 1.54) is 27.7 Å². The second-order valence-corrected chi connectivity index (χ2v) is 6.59. The number of aromatic nitrogens is 1. The molecule has 0 unspecified atom stereocenters. The molecule has 0 aliphatic carbocycles. The number of benzene rings is 2. The standard InChI is InChI=1S/C21H24N2O2/c1-24-20-8-7-15(13-21(20)25-2)9-11-23-12-10-17-16-5-3-4-6-18(16)22-19(17)14-23/h3-8,13,22H,9-12,14H2,1-2H3. The van der Waals surface area contributed by atoms with Gasteiger partial charge in [-0.1, -0.05) is 24.3 Å². The number of hydrogen-bond acceptors (Lipinski definition) is 3. The number of fused-ring (bicyclic) bond motifs is 3. The SMILES string of the molecule is COc1ccc(CCN2CCc3c([nH]c4ccccc34)C2)cc1OC. The first kappa shape index (κ1) is 16.0. The van der Waals surface area contributed by atoms with Crippen molar-refractivity contribution in [2.75, 3.05) is 27.3 Å². The smallest absolute Gasteiger partial charge is 0.160 e. The third kappa shape index (κ3) is 3.10. The van der Waals surface area contributed by atoms with Crippen molar-refractivity contribution in [2.45, 2.75) is 19.4 Å². The van der Waals surface area contributed by atoms with Crippen molar-refractivity contribution in [3.05, 3.63) is 59.3 Å². The summed E-state index contributed by atoms with van der Waals surface area (Å²) in [5.41, 5.74) is 5.41. The minimum atomic E-state index is 0.784. The van der Waals surface area contributed by atoms with Gasteiger partial charge in [-0.15, -0.1) is 0 Å². The summed E-state index contributed by atoms with van der Waals surface area (Å²) in [5.74, 6) is 1.59. The van der Waals surface area contributed by atoms with Crippen molar-refractivity contribution in [3.63, 3.8) is 0 Å². The number of methoxy groups -OCH3 is 2. The van der Waals surface area contributed by atoms with E-state index in [0.29, 0.717) is 0 Å². The van der Waals surface area contributed by atoms with E-state index >= 15 is 0 Å². The van der Waals surface area contributed by atoms with Gasteiger partial charge in [0.2, 0.25) is 0 Å². The molecule has 4 rings (SSSR count). The zero-order chi connectivity index (χ0) is 17.2. The molecule has 130 valence electrons. The number of nitrogens with one attached hydrogen (secondary N) is 1. The van der Waals surface area contributed by atoms with Crippen LogP contribution < -0.4 is 9.47 Å². The van der Waals surface area contributed by atoms with Gasteiger partial charge < -0.3 is 14.5 Å². The van der Waals surface area contributed by atoms with Crippen molar-refractivity contribution in [2.24, 2.45) is 0 Å². The second kappa shape index (κ2) is 6.81. The van der Waals surface area contributed by atoms with Crippen LogP contribution >= 0.6 is 0 Å². The molecule has 0 saturated carbocycles. The zero-order valence-corrected chi connectivity index (χ0v) is 14.8. The van der Waals surface area contributed by atoms with Gasteiger partial charge in [0, 0.05) is 36.2 Å². The van der Waals surface area contributed by atoms with Gasteiger partial charge in [-0.2, -0.15) is 0 Å². The Bertz CT molecular complexity index is 885. The van der Waals surface area contributed by atoms with Crippen LogP contribution in [0.2, 0.25) is 0 Å². The summed E-state index contributed by atoms with van der Waals surface area (Å²) in [6.45, 7) is 3.16. The third-order valence-electron chi connectivity index (χ3n) is 5.13. The number of H-pyrrole nitrogens is 1. The number of hydrogen-bond donors (Lipinski definition) is 1. The molecule has 0 amide bonds. The number of aromatic amines is 1. The maximum absolute atomic E-state index is 5.41. The van der Waals surface area contributed by atoms with Gasteiger partial charge in [0.15, 0.2) is 11.5 Å². The van der Waals surface area contributed by atoms with Crippen LogP contribution in [-0.4, -0.2) is 37.2 Å². The average molecular weight is 336 g/mol. The highest BCUT2D eigenvalue weighted by molar-refractivity contribution is 5.84. The molecule has 4 nitrogen and oxygen atoms in total. The van der Waals surface area contributed by atoms with E-state index in [9.17, 15) is 0 Å². The topological polar surface area (TPSA) is 37.5 Å². The fourth-order valence-corrected chi connectivity index (χ4v) is 3.76. The average Bonchev–Trinajstić information content (AvgIpc) is 3.03. The molecular weight excluding hydrogens is 312 g/mol. The molecule has 3 aromatic rings. The van der Waals surface area contributed by atoms with Crippen LogP contribution in [0.4, 0.5) is 0 Å². The van der Waals surface area contributed by atoms with Crippen LogP contribution in [0.3, 0.4) is 0 Å². The summed E-state index contributed by atoms with van der Waals surface area (Å²) in [4.78, 5) is 6.12. The molecule has 1 N–H and O–H groups in total. The molecule has 0 fully saturated rings. The molecule has 0 spiro atoms. The number of nitrogens with zero attached hydrogens (tertiary/aromatic N) is 1. The van der Waals surface area contributed by atoms with Crippen molar-refractivity contribution >= 4 is 10.9 Å². The van der Waals surface area contributed by atoms with Gasteiger partial charge >= 0.3 is 0 Å². The molecule has 1 aliphatic heterocycles. The fourth-order valence-electron chi connectivity index (χ4n) is 3.76. The summed E-state index contributed by atoms with van der Waals surface area (Å²) >= 11 is 0. The lowest BCUT2D eigenvalue weighted by Gasteiger charge is -2.27. The van der Waals surface area contributed by atoms with Gasteiger partial charge in [-0.3, -0.25) is 4.90 Å².